The van der Waals surface area contributed by atoms with Crippen molar-refractivity contribution in [3.8, 4) is 0 Å². The van der Waals surface area contributed by atoms with Crippen LogP contribution in [0.2, 0.25) is 0 Å². The van der Waals surface area contributed by atoms with E-state index in [4.69, 9.17) is 10.5 Å². The summed E-state index contributed by atoms with van der Waals surface area (Å²) in [6.07, 6.45) is 1.72. The Morgan fingerprint density at radius 3 is 2.04 bits per heavy atom. The largest absolute Gasteiger partial charge is 0.357 e. The molecule has 0 unspecified atom stereocenters. The van der Waals surface area contributed by atoms with Crippen molar-refractivity contribution in [2.75, 3.05) is 19.7 Å². The molecule has 1 fully saturated rings. The lowest BCUT2D eigenvalue weighted by Gasteiger charge is -2.45. The number of nitrogens with zero attached hydrogens (tertiary/aromatic N) is 1. The maximum atomic E-state index is 6.73. The summed E-state index contributed by atoms with van der Waals surface area (Å²) in [6.45, 7) is 2.29. The second-order valence-electron chi connectivity index (χ2n) is 7.67. The van der Waals surface area contributed by atoms with E-state index >= 15 is 0 Å². The number of benzene rings is 3. The molecule has 0 radical (unpaired) electrons. The van der Waals surface area contributed by atoms with Crippen LogP contribution in [0.15, 0.2) is 91.0 Å². The zero-order valence-corrected chi connectivity index (χ0v) is 16.2. The van der Waals surface area contributed by atoms with Crippen molar-refractivity contribution in [3.05, 3.63) is 108 Å². The van der Waals surface area contributed by atoms with Gasteiger partial charge in [-0.1, -0.05) is 91.0 Å². The molecule has 0 amide bonds. The minimum atomic E-state index is -0.663. The van der Waals surface area contributed by atoms with Gasteiger partial charge < -0.3 is 10.5 Å². The number of nitrogens with two attached hydrogens (primary N) is 1. The van der Waals surface area contributed by atoms with Gasteiger partial charge in [0.15, 0.2) is 0 Å². The highest BCUT2D eigenvalue weighted by Crippen LogP contribution is 2.30. The Labute approximate surface area is 167 Å². The van der Waals surface area contributed by atoms with E-state index in [1.165, 1.54) is 16.7 Å². The third-order valence-corrected chi connectivity index (χ3v) is 5.50. The van der Waals surface area contributed by atoms with Crippen LogP contribution in [0.4, 0.5) is 0 Å². The van der Waals surface area contributed by atoms with Gasteiger partial charge >= 0.3 is 0 Å². The van der Waals surface area contributed by atoms with Crippen LogP contribution in [0.5, 0.6) is 0 Å². The molecule has 2 atom stereocenters. The van der Waals surface area contributed by atoms with Crippen LogP contribution in [0.25, 0.3) is 0 Å². The van der Waals surface area contributed by atoms with Crippen LogP contribution < -0.4 is 5.73 Å². The van der Waals surface area contributed by atoms with E-state index in [2.05, 4.69) is 89.8 Å². The van der Waals surface area contributed by atoms with Crippen molar-refractivity contribution < 1.29 is 4.74 Å². The molecule has 1 saturated heterocycles. The van der Waals surface area contributed by atoms with Crippen molar-refractivity contribution in [1.82, 2.24) is 4.90 Å². The molecule has 0 spiro atoms. The first kappa shape index (κ1) is 18.9. The Kier molecular flexibility index (Phi) is 5.87. The molecule has 3 aromatic carbocycles. The number of rotatable bonds is 6. The number of morpholine rings is 1. The summed E-state index contributed by atoms with van der Waals surface area (Å²) in [4.78, 5) is 2.49. The summed E-state index contributed by atoms with van der Waals surface area (Å²) in [5.74, 6) is 0. The van der Waals surface area contributed by atoms with Gasteiger partial charge in [0.05, 0.1) is 12.6 Å². The Hall–Kier alpha value is -2.46. The first-order chi connectivity index (χ1) is 13.7. The van der Waals surface area contributed by atoms with Gasteiger partial charge in [-0.25, -0.2) is 0 Å². The number of ether oxygens (including phenoxy) is 1. The van der Waals surface area contributed by atoms with E-state index in [9.17, 15) is 0 Å². The predicted octanol–water partition coefficient (Wildman–Crippen LogP) is 4.20. The van der Waals surface area contributed by atoms with E-state index in [1.807, 2.05) is 6.07 Å². The zero-order chi connectivity index (χ0) is 19.2. The fraction of sp³-hybridized carbons (Fsp3) is 0.280. The van der Waals surface area contributed by atoms with Gasteiger partial charge in [0.1, 0.15) is 5.72 Å². The SMILES string of the molecule is N[C@]1(Cc2ccccc2)CN(CCc2ccccc2)[C@H](c2ccccc2)CO1. The normalized spacial score (nSPS) is 22.8. The quantitative estimate of drug-likeness (QED) is 0.705. The standard InChI is InChI=1S/C25H28N2O/c26-25(18-22-12-6-2-7-13-22)20-27(17-16-21-10-4-1-5-11-21)24(19-28-25)23-14-8-3-9-15-23/h1-15,24H,16-20,26H2/t24-,25-/m0/s1. The van der Waals surface area contributed by atoms with Crippen molar-refractivity contribution in [3.63, 3.8) is 0 Å². The van der Waals surface area contributed by atoms with Gasteiger partial charge in [0.25, 0.3) is 0 Å². The van der Waals surface area contributed by atoms with E-state index in [0.717, 1.165) is 19.4 Å². The summed E-state index contributed by atoms with van der Waals surface area (Å²) in [7, 11) is 0. The minimum absolute atomic E-state index is 0.234. The minimum Gasteiger partial charge on any atom is -0.357 e. The van der Waals surface area contributed by atoms with Crippen molar-refractivity contribution >= 4 is 0 Å². The van der Waals surface area contributed by atoms with E-state index < -0.39 is 5.72 Å². The maximum absolute atomic E-state index is 6.73. The molecule has 0 aromatic heterocycles. The summed E-state index contributed by atoms with van der Waals surface area (Å²) in [5, 5.41) is 0. The molecule has 28 heavy (non-hydrogen) atoms. The van der Waals surface area contributed by atoms with Gasteiger partial charge in [-0.15, -0.1) is 0 Å². The van der Waals surface area contributed by atoms with Gasteiger partial charge in [-0.3, -0.25) is 4.90 Å². The monoisotopic (exact) mass is 372 g/mol. The highest BCUT2D eigenvalue weighted by atomic mass is 16.5. The summed E-state index contributed by atoms with van der Waals surface area (Å²) >= 11 is 0. The average molecular weight is 373 g/mol. The molecule has 1 aliphatic rings. The van der Waals surface area contributed by atoms with E-state index in [0.29, 0.717) is 13.2 Å². The number of hydrogen-bond acceptors (Lipinski definition) is 3. The first-order valence-electron chi connectivity index (χ1n) is 10.0. The van der Waals surface area contributed by atoms with Gasteiger partial charge in [-0.05, 0) is 23.1 Å². The Bertz CT molecular complexity index is 853. The van der Waals surface area contributed by atoms with Crippen molar-refractivity contribution in [2.45, 2.75) is 24.6 Å². The zero-order valence-electron chi connectivity index (χ0n) is 16.2. The topological polar surface area (TPSA) is 38.5 Å². The molecule has 1 heterocycles. The Balaban J connectivity index is 1.52. The molecule has 4 rings (SSSR count). The molecule has 144 valence electrons. The van der Waals surface area contributed by atoms with Crippen LogP contribution in [0.1, 0.15) is 22.7 Å². The molecular weight excluding hydrogens is 344 g/mol. The molecule has 1 aliphatic heterocycles. The summed E-state index contributed by atoms with van der Waals surface area (Å²) in [5.41, 5.74) is 9.92. The van der Waals surface area contributed by atoms with E-state index in [1.54, 1.807) is 0 Å². The van der Waals surface area contributed by atoms with Crippen molar-refractivity contribution in [2.24, 2.45) is 5.73 Å². The molecule has 0 saturated carbocycles. The molecule has 3 heteroatoms. The maximum Gasteiger partial charge on any atom is 0.133 e. The summed E-state index contributed by atoms with van der Waals surface area (Å²) in [6, 6.07) is 31.9. The Morgan fingerprint density at radius 2 is 1.39 bits per heavy atom. The smallest absolute Gasteiger partial charge is 0.133 e. The van der Waals surface area contributed by atoms with Gasteiger partial charge in [-0.2, -0.15) is 0 Å². The fourth-order valence-electron chi connectivity index (χ4n) is 4.03. The van der Waals surface area contributed by atoms with E-state index in [-0.39, 0.29) is 6.04 Å². The third kappa shape index (κ3) is 4.68. The van der Waals surface area contributed by atoms with Crippen LogP contribution in [-0.4, -0.2) is 30.3 Å². The predicted molar refractivity (Wildman–Crippen MR) is 114 cm³/mol. The van der Waals surface area contributed by atoms with Gasteiger partial charge in [0.2, 0.25) is 0 Å². The molecule has 3 nitrogen and oxygen atoms in total. The molecule has 0 bridgehead atoms. The molecular formula is C25H28N2O. The molecule has 0 aliphatic carbocycles. The highest BCUT2D eigenvalue weighted by molar-refractivity contribution is 5.22. The summed E-state index contributed by atoms with van der Waals surface area (Å²) < 4.78 is 6.25. The average Bonchev–Trinajstić information content (AvgIpc) is 2.74. The van der Waals surface area contributed by atoms with Crippen LogP contribution in [-0.2, 0) is 17.6 Å². The highest BCUT2D eigenvalue weighted by Gasteiger charge is 2.38. The second-order valence-corrected chi connectivity index (χ2v) is 7.67. The second kappa shape index (κ2) is 8.70. The van der Waals surface area contributed by atoms with Crippen LogP contribution >= 0.6 is 0 Å². The number of hydrogen-bond donors (Lipinski definition) is 1. The van der Waals surface area contributed by atoms with Crippen LogP contribution in [0.3, 0.4) is 0 Å². The lowest BCUT2D eigenvalue weighted by molar-refractivity contribution is -0.132. The molecule has 3 aromatic rings. The van der Waals surface area contributed by atoms with Gasteiger partial charge in [0, 0.05) is 19.5 Å². The van der Waals surface area contributed by atoms with Crippen LogP contribution in [0, 0.1) is 0 Å². The first-order valence-corrected chi connectivity index (χ1v) is 10.0. The Morgan fingerprint density at radius 1 is 0.821 bits per heavy atom. The third-order valence-electron chi connectivity index (χ3n) is 5.50. The lowest BCUT2D eigenvalue weighted by atomic mass is 9.96. The lowest BCUT2D eigenvalue weighted by Crippen LogP contribution is -2.60. The fourth-order valence-corrected chi connectivity index (χ4v) is 4.03. The van der Waals surface area contributed by atoms with Crippen molar-refractivity contribution in [1.29, 1.82) is 0 Å². The molecule has 2 N–H and O–H groups in total.